The second-order valence-corrected chi connectivity index (χ2v) is 12.4. The third kappa shape index (κ3) is 4.22. The number of nitrogens with one attached hydrogen (secondary N) is 1. The molecule has 218 valence electrons. The predicted molar refractivity (Wildman–Crippen MR) is 151 cm³/mol. The Morgan fingerprint density at radius 1 is 1.15 bits per heavy atom. The SMILES string of the molecule is CO[C@H]1C[C@H]2C=C[C@]3(C)[C@H]4[C@H](O)[C@@H](C)[C@@H](OC(=O)c5ccc[nH]5)[C@@H]3O[C@@]24/C(C)=C/[C@H](C)[C@@H](c2ccccc2)OC1=O. The van der Waals surface area contributed by atoms with Crippen molar-refractivity contribution in [3.63, 3.8) is 0 Å². The maximum absolute atomic E-state index is 13.5. The molecular weight excluding hydrogens is 522 g/mol. The first-order valence-corrected chi connectivity index (χ1v) is 14.5. The molecule has 1 saturated heterocycles. The standard InChI is InChI=1S/C33H39NO7/c1-18-16-19(2)33-22(17-24(38-5)31(37)39-26(18)21-10-7-6-8-11-21)13-14-32(4)28(33)25(35)20(3)27(29(32)41-33)40-30(36)23-12-9-15-34-23/h6-16,18,20,22,24-29,34-35H,17H2,1-5H3/b19-16+/t18-,20+,22+,24-,25+,26-,27+,28+,29-,32+,33-/m0/s1. The highest BCUT2D eigenvalue weighted by molar-refractivity contribution is 5.87. The van der Waals surface area contributed by atoms with Crippen molar-refractivity contribution in [2.24, 2.45) is 29.1 Å². The molecular formula is C33H39NO7. The Bertz CT molecular complexity index is 1350. The number of carbonyl (C=O) groups excluding carboxylic acids is 2. The number of methoxy groups -OCH3 is 1. The van der Waals surface area contributed by atoms with E-state index < -0.39 is 53.5 Å². The molecule has 41 heavy (non-hydrogen) atoms. The van der Waals surface area contributed by atoms with Crippen LogP contribution in [0.1, 0.15) is 56.3 Å². The molecule has 8 heteroatoms. The normalized spacial score (nSPS) is 42.9. The lowest BCUT2D eigenvalue weighted by molar-refractivity contribution is -0.166. The number of benzene rings is 1. The van der Waals surface area contributed by atoms with Gasteiger partial charge >= 0.3 is 11.9 Å². The summed E-state index contributed by atoms with van der Waals surface area (Å²) in [5.74, 6) is -2.07. The quantitative estimate of drug-likeness (QED) is 0.409. The lowest BCUT2D eigenvalue weighted by Crippen LogP contribution is -2.61. The summed E-state index contributed by atoms with van der Waals surface area (Å²) in [5.41, 5.74) is 0.677. The monoisotopic (exact) mass is 561 g/mol. The number of aromatic amines is 1. The number of carbonyl (C=O) groups is 2. The minimum atomic E-state index is -0.931. The highest BCUT2D eigenvalue weighted by Gasteiger charge is 2.73. The maximum Gasteiger partial charge on any atom is 0.355 e. The fourth-order valence-electron chi connectivity index (χ4n) is 8.00. The average molecular weight is 562 g/mol. The third-order valence-corrected chi connectivity index (χ3v) is 10.1. The first-order valence-electron chi connectivity index (χ1n) is 14.5. The maximum atomic E-state index is 13.5. The van der Waals surface area contributed by atoms with E-state index in [1.54, 1.807) is 18.3 Å². The average Bonchev–Trinajstić information content (AvgIpc) is 3.54. The summed E-state index contributed by atoms with van der Waals surface area (Å²) >= 11 is 0. The Balaban J connectivity index is 1.46. The molecule has 1 aromatic heterocycles. The van der Waals surface area contributed by atoms with Crippen LogP contribution in [0, 0.1) is 29.1 Å². The van der Waals surface area contributed by atoms with Crippen molar-refractivity contribution in [3.8, 4) is 0 Å². The Morgan fingerprint density at radius 3 is 2.59 bits per heavy atom. The topological polar surface area (TPSA) is 107 Å². The first kappa shape index (κ1) is 27.9. The molecule has 0 amide bonds. The summed E-state index contributed by atoms with van der Waals surface area (Å²) in [6, 6.07) is 13.1. The number of aromatic nitrogens is 1. The van der Waals surface area contributed by atoms with Crippen LogP contribution in [-0.4, -0.2) is 59.2 Å². The molecule has 1 saturated carbocycles. The van der Waals surface area contributed by atoms with Gasteiger partial charge in [0.1, 0.15) is 29.6 Å². The minimum absolute atomic E-state index is 0.190. The first-order chi connectivity index (χ1) is 19.6. The van der Waals surface area contributed by atoms with Crippen LogP contribution in [0.25, 0.3) is 0 Å². The van der Waals surface area contributed by atoms with Gasteiger partial charge in [-0.3, -0.25) is 0 Å². The lowest BCUT2D eigenvalue weighted by Gasteiger charge is -2.52. The Kier molecular flexibility index (Phi) is 6.99. The van der Waals surface area contributed by atoms with E-state index in [0.717, 1.165) is 11.1 Å². The molecule has 8 nitrogen and oxygen atoms in total. The van der Waals surface area contributed by atoms with Gasteiger partial charge in [-0.1, -0.05) is 69.3 Å². The van der Waals surface area contributed by atoms with E-state index in [1.165, 1.54) is 7.11 Å². The number of ether oxygens (including phenoxy) is 4. The van der Waals surface area contributed by atoms with Gasteiger partial charge in [0.05, 0.1) is 6.10 Å². The van der Waals surface area contributed by atoms with E-state index in [2.05, 4.69) is 37.1 Å². The Hall–Kier alpha value is -3.20. The fourth-order valence-corrected chi connectivity index (χ4v) is 8.00. The molecule has 0 unspecified atom stereocenters. The predicted octanol–water partition coefficient (Wildman–Crippen LogP) is 4.78. The van der Waals surface area contributed by atoms with Gasteiger partial charge in [0, 0.05) is 42.4 Å². The number of aliphatic hydroxyl groups excluding tert-OH is 1. The minimum Gasteiger partial charge on any atom is -0.455 e. The number of H-pyrrole nitrogens is 1. The molecule has 0 radical (unpaired) electrons. The van der Waals surface area contributed by atoms with E-state index in [-0.39, 0.29) is 23.7 Å². The summed E-state index contributed by atoms with van der Waals surface area (Å²) in [7, 11) is 1.52. The molecule has 2 aromatic rings. The molecule has 2 fully saturated rings. The van der Waals surface area contributed by atoms with Crippen LogP contribution in [0.5, 0.6) is 0 Å². The van der Waals surface area contributed by atoms with Crippen molar-refractivity contribution >= 4 is 11.9 Å². The van der Waals surface area contributed by atoms with Crippen LogP contribution in [-0.2, 0) is 23.7 Å². The van der Waals surface area contributed by atoms with Crippen molar-refractivity contribution in [2.45, 2.75) is 70.2 Å². The van der Waals surface area contributed by atoms with Crippen molar-refractivity contribution in [3.05, 3.63) is 83.7 Å². The molecule has 2 N–H and O–H groups in total. The second kappa shape index (κ2) is 10.3. The van der Waals surface area contributed by atoms with E-state index in [9.17, 15) is 14.7 Å². The van der Waals surface area contributed by atoms with Crippen molar-refractivity contribution in [2.75, 3.05) is 7.11 Å². The number of hydrogen-bond acceptors (Lipinski definition) is 7. The smallest absolute Gasteiger partial charge is 0.355 e. The molecule has 1 aromatic carbocycles. The molecule has 4 bridgehead atoms. The lowest BCUT2D eigenvalue weighted by atomic mass is 9.51. The molecule has 3 heterocycles. The van der Waals surface area contributed by atoms with Crippen LogP contribution < -0.4 is 0 Å². The van der Waals surface area contributed by atoms with Crippen LogP contribution in [0.2, 0.25) is 0 Å². The van der Waals surface area contributed by atoms with Gasteiger partial charge in [0.25, 0.3) is 0 Å². The number of cyclic esters (lactones) is 1. The van der Waals surface area contributed by atoms with E-state index >= 15 is 0 Å². The van der Waals surface area contributed by atoms with Gasteiger partial charge in [-0.15, -0.1) is 0 Å². The highest BCUT2D eigenvalue weighted by Crippen LogP contribution is 2.66. The molecule has 2 aliphatic carbocycles. The number of esters is 2. The highest BCUT2D eigenvalue weighted by atomic mass is 16.6. The van der Waals surface area contributed by atoms with Crippen molar-refractivity contribution < 1.29 is 33.6 Å². The van der Waals surface area contributed by atoms with E-state index in [4.69, 9.17) is 18.9 Å². The van der Waals surface area contributed by atoms with Gasteiger partial charge in [-0.25, -0.2) is 9.59 Å². The van der Waals surface area contributed by atoms with Gasteiger partial charge in [-0.2, -0.15) is 0 Å². The largest absolute Gasteiger partial charge is 0.455 e. The van der Waals surface area contributed by atoms with E-state index in [1.807, 2.05) is 44.2 Å². The van der Waals surface area contributed by atoms with Crippen LogP contribution in [0.15, 0.2) is 72.5 Å². The summed E-state index contributed by atoms with van der Waals surface area (Å²) in [4.78, 5) is 29.5. The second-order valence-electron chi connectivity index (χ2n) is 12.4. The zero-order chi connectivity index (χ0) is 29.1. The summed E-state index contributed by atoms with van der Waals surface area (Å²) in [5, 5.41) is 12.0. The zero-order valence-electron chi connectivity index (χ0n) is 24.2. The number of rotatable bonds is 4. The summed E-state index contributed by atoms with van der Waals surface area (Å²) in [6.07, 6.45) is 4.97. The molecule has 1 spiro atoms. The Morgan fingerprint density at radius 2 is 1.90 bits per heavy atom. The van der Waals surface area contributed by atoms with Gasteiger partial charge < -0.3 is 29.0 Å². The zero-order valence-corrected chi connectivity index (χ0v) is 24.2. The summed E-state index contributed by atoms with van der Waals surface area (Å²) in [6.45, 7) is 8.08. The molecule has 11 atom stereocenters. The molecule has 4 aliphatic rings. The number of aliphatic hydroxyl groups is 1. The number of hydrogen-bond donors (Lipinski definition) is 2. The molecule has 6 rings (SSSR count). The van der Waals surface area contributed by atoms with Crippen molar-refractivity contribution in [1.29, 1.82) is 0 Å². The van der Waals surface area contributed by atoms with Gasteiger partial charge in [-0.05, 0) is 36.6 Å². The van der Waals surface area contributed by atoms with Crippen molar-refractivity contribution in [1.82, 2.24) is 4.98 Å². The van der Waals surface area contributed by atoms with Gasteiger partial charge in [0.2, 0.25) is 0 Å². The van der Waals surface area contributed by atoms with Crippen LogP contribution in [0.4, 0.5) is 0 Å². The third-order valence-electron chi connectivity index (χ3n) is 10.1. The van der Waals surface area contributed by atoms with Crippen LogP contribution >= 0.6 is 0 Å². The fraction of sp³-hybridized carbons (Fsp3) is 0.515. The van der Waals surface area contributed by atoms with Gasteiger partial charge in [0.15, 0.2) is 6.10 Å². The summed E-state index contributed by atoms with van der Waals surface area (Å²) < 4.78 is 25.0. The van der Waals surface area contributed by atoms with E-state index in [0.29, 0.717) is 12.1 Å². The molecule has 2 aliphatic heterocycles. The Labute approximate surface area is 240 Å². The van der Waals surface area contributed by atoms with Crippen LogP contribution in [0.3, 0.4) is 0 Å².